The van der Waals surface area contributed by atoms with E-state index in [1.165, 1.54) is 11.4 Å². The molecular formula is C8H12NOPS3. The summed E-state index contributed by atoms with van der Waals surface area (Å²) in [5.41, 5.74) is -0.0938. The lowest BCUT2D eigenvalue weighted by molar-refractivity contribution is 0.280. The summed E-state index contributed by atoms with van der Waals surface area (Å²) >= 11 is 11.5. The van der Waals surface area contributed by atoms with Gasteiger partial charge in [0.25, 0.3) is 0 Å². The third-order valence-electron chi connectivity index (χ3n) is 1.53. The number of hydrogen-bond donors (Lipinski definition) is 0. The molecule has 0 amide bonds. The van der Waals surface area contributed by atoms with Crippen molar-refractivity contribution in [1.82, 2.24) is 0 Å². The van der Waals surface area contributed by atoms with Crippen LogP contribution in [-0.2, 0) is 28.8 Å². The Morgan fingerprint density at radius 1 is 1.79 bits per heavy atom. The van der Waals surface area contributed by atoms with Crippen molar-refractivity contribution in [1.29, 1.82) is 0 Å². The van der Waals surface area contributed by atoms with Gasteiger partial charge < -0.3 is 17.0 Å². The first-order valence-electron chi connectivity index (χ1n) is 4.12. The predicted octanol–water partition coefficient (Wildman–Crippen LogP) is 3.15. The Bertz CT molecular complexity index is 312. The standard InChI is InChI=1S/C8H12NOPS3/c1-6(14-11(12)13)4-7-9-8(2,3)5-10-7/h4H,5H2,1-3H3/b6-4-. The van der Waals surface area contributed by atoms with E-state index in [0.29, 0.717) is 12.5 Å². The maximum absolute atomic E-state index is 5.42. The highest BCUT2D eigenvalue weighted by atomic mass is 33.2. The van der Waals surface area contributed by atoms with Crippen molar-refractivity contribution >= 4 is 46.4 Å². The van der Waals surface area contributed by atoms with Gasteiger partial charge in [0.05, 0.1) is 5.54 Å². The summed E-state index contributed by atoms with van der Waals surface area (Å²) in [6, 6.07) is 0. The number of allylic oxidation sites excluding steroid dienone is 1. The minimum Gasteiger partial charge on any atom is -0.475 e. The van der Waals surface area contributed by atoms with Gasteiger partial charge in [-0.25, -0.2) is 4.99 Å². The molecule has 0 bridgehead atoms. The van der Waals surface area contributed by atoms with Gasteiger partial charge in [0.2, 0.25) is 5.90 Å². The first-order chi connectivity index (χ1) is 6.39. The van der Waals surface area contributed by atoms with Crippen LogP contribution in [0.3, 0.4) is 0 Å². The number of nitrogens with zero attached hydrogens (tertiary/aromatic N) is 1. The average Bonchev–Trinajstić information content (AvgIpc) is 2.27. The Kier molecular flexibility index (Phi) is 4.44. The first-order valence-corrected chi connectivity index (χ1v) is 8.91. The van der Waals surface area contributed by atoms with Gasteiger partial charge in [0, 0.05) is 11.0 Å². The highest BCUT2D eigenvalue weighted by Gasteiger charge is 2.25. The average molecular weight is 265 g/mol. The number of rotatable bonds is 3. The van der Waals surface area contributed by atoms with Crippen molar-refractivity contribution < 1.29 is 4.74 Å². The SMILES string of the molecule is C/C(=C/C1=NC(C)(C)CO1)S[P+](=S)[S-]. The van der Waals surface area contributed by atoms with E-state index in [1.807, 2.05) is 26.8 Å². The fourth-order valence-electron chi connectivity index (χ4n) is 1.01. The molecule has 0 fully saturated rings. The zero-order valence-corrected chi connectivity index (χ0v) is 11.7. The summed E-state index contributed by atoms with van der Waals surface area (Å²) in [5.74, 6) is 0.696. The van der Waals surface area contributed by atoms with Crippen LogP contribution in [0, 0.1) is 0 Å². The van der Waals surface area contributed by atoms with Crippen molar-refractivity contribution in [2.75, 3.05) is 6.61 Å². The molecule has 1 heterocycles. The lowest BCUT2D eigenvalue weighted by Crippen LogP contribution is -2.17. The molecule has 0 saturated carbocycles. The van der Waals surface area contributed by atoms with Gasteiger partial charge in [0.1, 0.15) is 34.9 Å². The molecule has 78 valence electrons. The second-order valence-corrected chi connectivity index (χ2v) is 10.8. The summed E-state index contributed by atoms with van der Waals surface area (Å²) in [4.78, 5) is 5.49. The largest absolute Gasteiger partial charge is 0.475 e. The van der Waals surface area contributed by atoms with E-state index in [1.54, 1.807) is 0 Å². The Hall–Kier alpha value is 0.430. The highest BCUT2D eigenvalue weighted by Crippen LogP contribution is 2.41. The smallest absolute Gasteiger partial charge is 0.210 e. The van der Waals surface area contributed by atoms with E-state index in [9.17, 15) is 0 Å². The summed E-state index contributed by atoms with van der Waals surface area (Å²) in [5, 5.41) is -0.779. The Balaban J connectivity index is 2.65. The molecular weight excluding hydrogens is 253 g/mol. The summed E-state index contributed by atoms with van der Waals surface area (Å²) < 4.78 is 5.42. The maximum Gasteiger partial charge on any atom is 0.210 e. The van der Waals surface area contributed by atoms with Gasteiger partial charge in [-0.1, -0.05) is 0 Å². The van der Waals surface area contributed by atoms with E-state index < -0.39 is 5.10 Å². The van der Waals surface area contributed by atoms with Crippen LogP contribution >= 0.6 is 16.5 Å². The molecule has 0 spiro atoms. The molecule has 0 aromatic rings. The van der Waals surface area contributed by atoms with Crippen molar-refractivity contribution in [2.45, 2.75) is 26.3 Å². The van der Waals surface area contributed by atoms with E-state index in [4.69, 9.17) is 28.8 Å². The van der Waals surface area contributed by atoms with E-state index in [0.717, 1.165) is 4.91 Å². The quantitative estimate of drug-likeness (QED) is 0.577. The molecule has 1 rings (SSSR count). The van der Waals surface area contributed by atoms with Gasteiger partial charge in [-0.15, -0.1) is 0 Å². The van der Waals surface area contributed by atoms with Crippen molar-refractivity contribution in [3.63, 3.8) is 0 Å². The van der Waals surface area contributed by atoms with Crippen LogP contribution < -0.4 is 0 Å². The minimum atomic E-state index is -0.779. The van der Waals surface area contributed by atoms with Crippen LogP contribution in [0.5, 0.6) is 0 Å². The van der Waals surface area contributed by atoms with Crippen molar-refractivity contribution in [3.8, 4) is 0 Å². The Morgan fingerprint density at radius 2 is 2.43 bits per heavy atom. The zero-order valence-electron chi connectivity index (χ0n) is 8.31. The molecule has 6 heteroatoms. The molecule has 1 aliphatic heterocycles. The first kappa shape index (κ1) is 12.5. The molecule has 0 saturated heterocycles. The van der Waals surface area contributed by atoms with E-state index in [-0.39, 0.29) is 5.54 Å². The number of aliphatic imine (C=N–C) groups is 1. The predicted molar refractivity (Wildman–Crippen MR) is 70.5 cm³/mol. The van der Waals surface area contributed by atoms with E-state index in [2.05, 4.69) is 4.99 Å². The molecule has 2 nitrogen and oxygen atoms in total. The van der Waals surface area contributed by atoms with Gasteiger partial charge in [-0.2, -0.15) is 0 Å². The van der Waals surface area contributed by atoms with E-state index >= 15 is 0 Å². The molecule has 0 aromatic carbocycles. The fourth-order valence-corrected chi connectivity index (χ4v) is 4.37. The monoisotopic (exact) mass is 265 g/mol. The molecule has 0 aromatic heterocycles. The summed E-state index contributed by atoms with van der Waals surface area (Å²) in [6.07, 6.45) is 1.91. The third kappa shape index (κ3) is 4.30. The minimum absolute atomic E-state index is 0.0938. The summed E-state index contributed by atoms with van der Waals surface area (Å²) in [6.45, 7) is 6.72. The molecule has 1 aliphatic rings. The third-order valence-corrected chi connectivity index (χ3v) is 4.74. The highest BCUT2D eigenvalue weighted by molar-refractivity contribution is 8.86. The van der Waals surface area contributed by atoms with Gasteiger partial charge in [0.15, 0.2) is 0 Å². The van der Waals surface area contributed by atoms with Crippen LogP contribution in [0.25, 0.3) is 0 Å². The second kappa shape index (κ2) is 4.97. The maximum atomic E-state index is 5.42. The molecule has 14 heavy (non-hydrogen) atoms. The summed E-state index contributed by atoms with van der Waals surface area (Å²) in [7, 11) is 0. The topological polar surface area (TPSA) is 21.6 Å². The van der Waals surface area contributed by atoms with Crippen LogP contribution in [0.15, 0.2) is 16.0 Å². The van der Waals surface area contributed by atoms with Gasteiger partial charge >= 0.3 is 0 Å². The van der Waals surface area contributed by atoms with Gasteiger partial charge in [-0.05, 0) is 20.8 Å². The normalized spacial score (nSPS) is 21.6. The lowest BCUT2D eigenvalue weighted by Gasteiger charge is -2.07. The molecule has 0 N–H and O–H groups in total. The molecule has 0 aliphatic carbocycles. The van der Waals surface area contributed by atoms with Gasteiger partial charge in [-0.3, -0.25) is 0 Å². The Morgan fingerprint density at radius 3 is 2.86 bits per heavy atom. The van der Waals surface area contributed by atoms with Crippen LogP contribution in [0.2, 0.25) is 0 Å². The lowest BCUT2D eigenvalue weighted by atomic mass is 10.1. The molecule has 1 atom stereocenters. The zero-order chi connectivity index (χ0) is 10.8. The van der Waals surface area contributed by atoms with Crippen LogP contribution in [-0.4, -0.2) is 18.0 Å². The van der Waals surface area contributed by atoms with Crippen LogP contribution in [0.1, 0.15) is 20.8 Å². The van der Waals surface area contributed by atoms with Crippen LogP contribution in [0.4, 0.5) is 0 Å². The van der Waals surface area contributed by atoms with Crippen molar-refractivity contribution in [2.24, 2.45) is 4.99 Å². The molecule has 1 unspecified atom stereocenters. The molecule has 0 radical (unpaired) electrons. The number of ether oxygens (including phenoxy) is 1. The number of hydrogen-bond acceptors (Lipinski definition) is 5. The Labute approximate surface area is 99.9 Å². The van der Waals surface area contributed by atoms with Crippen molar-refractivity contribution in [3.05, 3.63) is 11.0 Å². The fraction of sp³-hybridized carbons (Fsp3) is 0.625. The second-order valence-electron chi connectivity index (χ2n) is 3.62.